The quantitative estimate of drug-likeness (QED) is 0.390. The van der Waals surface area contributed by atoms with E-state index in [0.29, 0.717) is 0 Å². The van der Waals surface area contributed by atoms with Crippen LogP contribution in [0.5, 0.6) is 0 Å². The monoisotopic (exact) mass is 343 g/mol. The molecule has 0 aliphatic rings. The highest BCUT2D eigenvalue weighted by Gasteiger charge is 2.31. The van der Waals surface area contributed by atoms with Gasteiger partial charge in [0.1, 0.15) is 14.8 Å². The van der Waals surface area contributed by atoms with Crippen LogP contribution in [0.4, 0.5) is 14.5 Å². The standard InChI is InChI=1S/C7H4F2IN3O3/c8-5(9)3-4(13(15)16)2(7(11)14)1-12-6(3)10/h1,5H,(H2,11,14). The number of alkyl halides is 2. The zero-order valence-electron chi connectivity index (χ0n) is 7.49. The van der Waals surface area contributed by atoms with E-state index in [9.17, 15) is 23.7 Å². The van der Waals surface area contributed by atoms with E-state index in [1.54, 1.807) is 0 Å². The molecule has 1 rings (SSSR count). The van der Waals surface area contributed by atoms with Gasteiger partial charge in [-0.3, -0.25) is 14.9 Å². The van der Waals surface area contributed by atoms with E-state index in [0.717, 1.165) is 6.20 Å². The highest BCUT2D eigenvalue weighted by atomic mass is 127. The van der Waals surface area contributed by atoms with E-state index < -0.39 is 34.1 Å². The SMILES string of the molecule is NC(=O)c1cnc(I)c(C(F)F)c1[N+](=O)[O-]. The molecule has 0 radical (unpaired) electrons. The number of carbonyl (C=O) groups excluding carboxylic acids is 1. The van der Waals surface area contributed by atoms with Gasteiger partial charge < -0.3 is 5.73 Å². The molecule has 1 aromatic rings. The molecule has 1 amide bonds. The van der Waals surface area contributed by atoms with Crippen LogP contribution >= 0.6 is 22.6 Å². The third kappa shape index (κ3) is 2.23. The number of nitrogens with zero attached hydrogens (tertiary/aromatic N) is 2. The lowest BCUT2D eigenvalue weighted by molar-refractivity contribution is -0.386. The van der Waals surface area contributed by atoms with Crippen LogP contribution in [0.15, 0.2) is 6.20 Å². The van der Waals surface area contributed by atoms with Gasteiger partial charge in [0.2, 0.25) is 0 Å². The minimum Gasteiger partial charge on any atom is -0.365 e. The molecule has 86 valence electrons. The Morgan fingerprint density at radius 1 is 1.62 bits per heavy atom. The summed E-state index contributed by atoms with van der Waals surface area (Å²) in [7, 11) is 0. The Balaban J connectivity index is 3.63. The molecule has 1 aromatic heterocycles. The van der Waals surface area contributed by atoms with E-state index in [2.05, 4.69) is 4.98 Å². The topological polar surface area (TPSA) is 99.1 Å². The van der Waals surface area contributed by atoms with Crippen molar-refractivity contribution < 1.29 is 18.5 Å². The van der Waals surface area contributed by atoms with Crippen LogP contribution in [-0.2, 0) is 0 Å². The average molecular weight is 343 g/mol. The predicted octanol–water partition coefficient (Wildman–Crippen LogP) is 1.63. The number of aromatic nitrogens is 1. The van der Waals surface area contributed by atoms with E-state index in [-0.39, 0.29) is 3.70 Å². The summed E-state index contributed by atoms with van der Waals surface area (Å²) < 4.78 is 24.9. The first-order valence-corrected chi connectivity index (χ1v) is 4.84. The summed E-state index contributed by atoms with van der Waals surface area (Å²) in [4.78, 5) is 23.9. The van der Waals surface area contributed by atoms with E-state index >= 15 is 0 Å². The average Bonchev–Trinajstić information content (AvgIpc) is 2.15. The molecular formula is C7H4F2IN3O3. The maximum Gasteiger partial charge on any atom is 0.295 e. The summed E-state index contributed by atoms with van der Waals surface area (Å²) in [6.07, 6.45) is -2.28. The fourth-order valence-corrected chi connectivity index (χ4v) is 1.70. The van der Waals surface area contributed by atoms with E-state index in [1.165, 1.54) is 22.6 Å². The molecule has 0 aromatic carbocycles. The van der Waals surface area contributed by atoms with Crippen molar-refractivity contribution in [2.45, 2.75) is 6.43 Å². The Kier molecular flexibility index (Phi) is 3.67. The van der Waals surface area contributed by atoms with Gasteiger partial charge in [-0.1, -0.05) is 0 Å². The van der Waals surface area contributed by atoms with Crippen LogP contribution in [-0.4, -0.2) is 15.8 Å². The molecule has 0 saturated carbocycles. The Morgan fingerprint density at radius 3 is 2.56 bits per heavy atom. The van der Waals surface area contributed by atoms with Crippen molar-refractivity contribution >= 4 is 34.2 Å². The third-order valence-corrected chi connectivity index (χ3v) is 2.57. The van der Waals surface area contributed by atoms with Gasteiger partial charge in [0.15, 0.2) is 0 Å². The van der Waals surface area contributed by atoms with Gasteiger partial charge >= 0.3 is 0 Å². The second-order valence-corrected chi connectivity index (χ2v) is 3.67. The minimum absolute atomic E-state index is 0.232. The summed E-state index contributed by atoms with van der Waals surface area (Å²) in [6.45, 7) is 0. The summed E-state index contributed by atoms with van der Waals surface area (Å²) in [5.41, 5.74) is 2.34. The molecule has 6 nitrogen and oxygen atoms in total. The van der Waals surface area contributed by atoms with Crippen LogP contribution in [0, 0.1) is 13.8 Å². The molecule has 0 fully saturated rings. The number of hydrogen-bond donors (Lipinski definition) is 1. The summed E-state index contributed by atoms with van der Waals surface area (Å²) in [6, 6.07) is 0. The Hall–Kier alpha value is -1.39. The molecule has 2 N–H and O–H groups in total. The van der Waals surface area contributed by atoms with Gasteiger partial charge in [-0.25, -0.2) is 13.8 Å². The van der Waals surface area contributed by atoms with Crippen LogP contribution in [0.2, 0.25) is 0 Å². The maximum absolute atomic E-state index is 12.6. The van der Waals surface area contributed by atoms with Crippen molar-refractivity contribution in [3.8, 4) is 0 Å². The lowest BCUT2D eigenvalue weighted by atomic mass is 10.1. The normalized spacial score (nSPS) is 10.5. The number of amides is 1. The number of halogens is 3. The fraction of sp³-hybridized carbons (Fsp3) is 0.143. The van der Waals surface area contributed by atoms with Gasteiger partial charge in [0.05, 0.1) is 4.92 Å². The molecule has 0 aliphatic carbocycles. The smallest absolute Gasteiger partial charge is 0.295 e. The lowest BCUT2D eigenvalue weighted by Gasteiger charge is -2.06. The number of pyridine rings is 1. The van der Waals surface area contributed by atoms with Crippen LogP contribution in [0.3, 0.4) is 0 Å². The van der Waals surface area contributed by atoms with Gasteiger partial charge in [0.25, 0.3) is 18.0 Å². The highest BCUT2D eigenvalue weighted by molar-refractivity contribution is 14.1. The zero-order chi connectivity index (χ0) is 12.5. The Labute approximate surface area is 101 Å². The molecule has 1 heterocycles. The first-order valence-electron chi connectivity index (χ1n) is 3.77. The van der Waals surface area contributed by atoms with Crippen molar-refractivity contribution in [3.05, 3.63) is 31.1 Å². The van der Waals surface area contributed by atoms with Crippen molar-refractivity contribution in [1.29, 1.82) is 0 Å². The summed E-state index contributed by atoms with van der Waals surface area (Å²) in [5, 5.41) is 10.6. The van der Waals surface area contributed by atoms with Crippen LogP contribution < -0.4 is 5.73 Å². The van der Waals surface area contributed by atoms with Crippen LogP contribution in [0.25, 0.3) is 0 Å². The van der Waals surface area contributed by atoms with Gasteiger partial charge in [-0.05, 0) is 22.6 Å². The molecule has 0 spiro atoms. The van der Waals surface area contributed by atoms with Crippen molar-refractivity contribution in [2.24, 2.45) is 5.73 Å². The Morgan fingerprint density at radius 2 is 2.19 bits per heavy atom. The zero-order valence-corrected chi connectivity index (χ0v) is 9.64. The molecule has 0 bridgehead atoms. The second kappa shape index (κ2) is 4.63. The molecule has 16 heavy (non-hydrogen) atoms. The van der Waals surface area contributed by atoms with Gasteiger partial charge in [0, 0.05) is 6.20 Å². The number of primary amides is 1. The van der Waals surface area contributed by atoms with E-state index in [1.807, 2.05) is 0 Å². The van der Waals surface area contributed by atoms with Gasteiger partial charge in [-0.15, -0.1) is 0 Å². The number of nitro groups is 1. The molecule has 0 saturated heterocycles. The molecule has 0 unspecified atom stereocenters. The lowest BCUT2D eigenvalue weighted by Crippen LogP contribution is -2.16. The molecule has 0 aliphatic heterocycles. The molecule has 9 heteroatoms. The molecular weight excluding hydrogens is 339 g/mol. The molecule has 0 atom stereocenters. The fourth-order valence-electron chi connectivity index (χ4n) is 1.07. The number of nitrogens with two attached hydrogens (primary N) is 1. The predicted molar refractivity (Wildman–Crippen MR) is 57.1 cm³/mol. The minimum atomic E-state index is -3.10. The highest BCUT2D eigenvalue weighted by Crippen LogP contribution is 2.34. The van der Waals surface area contributed by atoms with Crippen molar-refractivity contribution in [3.63, 3.8) is 0 Å². The third-order valence-electron chi connectivity index (χ3n) is 1.71. The van der Waals surface area contributed by atoms with Crippen molar-refractivity contribution in [1.82, 2.24) is 4.98 Å². The Bertz CT molecular complexity index is 466. The summed E-state index contributed by atoms with van der Waals surface area (Å²) >= 11 is 1.43. The number of carbonyl (C=O) groups is 1. The number of hydrogen-bond acceptors (Lipinski definition) is 4. The summed E-state index contributed by atoms with van der Waals surface area (Å²) in [5.74, 6) is -1.17. The van der Waals surface area contributed by atoms with E-state index in [4.69, 9.17) is 5.73 Å². The van der Waals surface area contributed by atoms with Crippen molar-refractivity contribution in [2.75, 3.05) is 0 Å². The first-order chi connectivity index (χ1) is 7.36. The van der Waals surface area contributed by atoms with Crippen LogP contribution in [0.1, 0.15) is 22.3 Å². The number of rotatable bonds is 3. The largest absolute Gasteiger partial charge is 0.365 e. The maximum atomic E-state index is 12.6. The first kappa shape index (κ1) is 12.7. The van der Waals surface area contributed by atoms with Gasteiger partial charge in [-0.2, -0.15) is 0 Å². The second-order valence-electron chi connectivity index (χ2n) is 2.65.